The number of para-hydroxylation sites is 1. The molecule has 0 saturated carbocycles. The second-order valence-electron chi connectivity index (χ2n) is 5.07. The minimum Gasteiger partial charge on any atom is -0.398 e. The van der Waals surface area contributed by atoms with Gasteiger partial charge in [-0.2, -0.15) is 0 Å². The molecule has 1 heterocycles. The molecule has 0 aliphatic heterocycles. The molecule has 3 N–H and O–H groups in total. The fourth-order valence-corrected chi connectivity index (χ4v) is 2.50. The van der Waals surface area contributed by atoms with Gasteiger partial charge in [-0.1, -0.05) is 30.4 Å². The number of carbonyl (C=O) groups excluding carboxylic acids is 1. The minimum absolute atomic E-state index is 0.150. The fraction of sp³-hybridized carbons (Fsp3) is 0.250. The Morgan fingerprint density at radius 2 is 2.15 bits per heavy atom. The van der Waals surface area contributed by atoms with Crippen molar-refractivity contribution in [3.05, 3.63) is 48.2 Å². The molecule has 0 fully saturated rings. The highest BCUT2D eigenvalue weighted by atomic mass is 16.1. The summed E-state index contributed by atoms with van der Waals surface area (Å²) in [5.41, 5.74) is 7.72. The lowest BCUT2D eigenvalue weighted by atomic mass is 10.0. The quantitative estimate of drug-likeness (QED) is 0.822. The van der Waals surface area contributed by atoms with E-state index in [1.807, 2.05) is 24.3 Å². The summed E-state index contributed by atoms with van der Waals surface area (Å²) in [4.78, 5) is 16.6. The molecule has 1 amide bonds. The predicted octanol–water partition coefficient (Wildman–Crippen LogP) is 2.66. The number of hydrogen-bond acceptors (Lipinski definition) is 3. The summed E-state index contributed by atoms with van der Waals surface area (Å²) < 4.78 is 0. The lowest BCUT2D eigenvalue weighted by molar-refractivity contribution is 0.0930. The van der Waals surface area contributed by atoms with E-state index in [-0.39, 0.29) is 11.9 Å². The molecule has 20 heavy (non-hydrogen) atoms. The van der Waals surface area contributed by atoms with Crippen molar-refractivity contribution < 1.29 is 4.79 Å². The minimum atomic E-state index is -0.150. The molecule has 2 aromatic rings. The summed E-state index contributed by atoms with van der Waals surface area (Å²) in [6.45, 7) is 0. The second kappa shape index (κ2) is 5.33. The van der Waals surface area contributed by atoms with Gasteiger partial charge in [0.2, 0.25) is 0 Å². The number of hydrogen-bond donors (Lipinski definition) is 2. The van der Waals surface area contributed by atoms with Crippen LogP contribution in [0.3, 0.4) is 0 Å². The molecule has 102 valence electrons. The van der Waals surface area contributed by atoms with Crippen LogP contribution in [0.5, 0.6) is 0 Å². The number of aromatic nitrogens is 1. The van der Waals surface area contributed by atoms with Crippen molar-refractivity contribution in [2.24, 2.45) is 0 Å². The number of rotatable bonds is 2. The van der Waals surface area contributed by atoms with Crippen LogP contribution < -0.4 is 11.1 Å². The number of amides is 1. The highest BCUT2D eigenvalue weighted by Gasteiger charge is 2.16. The highest BCUT2D eigenvalue weighted by molar-refractivity contribution is 5.99. The van der Waals surface area contributed by atoms with Gasteiger partial charge in [0.15, 0.2) is 0 Å². The van der Waals surface area contributed by atoms with Crippen molar-refractivity contribution in [1.82, 2.24) is 10.3 Å². The number of nitrogens with two attached hydrogens (primary N) is 1. The van der Waals surface area contributed by atoms with Gasteiger partial charge >= 0.3 is 0 Å². The van der Waals surface area contributed by atoms with Gasteiger partial charge in [0.1, 0.15) is 5.69 Å². The van der Waals surface area contributed by atoms with E-state index < -0.39 is 0 Å². The average Bonchev–Trinajstić information content (AvgIpc) is 2.48. The Morgan fingerprint density at radius 3 is 2.95 bits per heavy atom. The van der Waals surface area contributed by atoms with Gasteiger partial charge in [-0.05, 0) is 31.4 Å². The summed E-state index contributed by atoms with van der Waals surface area (Å²) in [6.07, 6.45) is 7.13. The van der Waals surface area contributed by atoms with E-state index in [4.69, 9.17) is 5.73 Å². The van der Waals surface area contributed by atoms with E-state index in [1.54, 1.807) is 6.07 Å². The number of nitrogens with one attached hydrogen (secondary N) is 1. The molecule has 4 nitrogen and oxygen atoms in total. The number of carbonyl (C=O) groups is 1. The van der Waals surface area contributed by atoms with Gasteiger partial charge < -0.3 is 11.1 Å². The standard InChI is InChI=1S/C16H17N3O/c17-13-10-15(19-14-9-5-4-8-12(13)14)16(20)18-11-6-2-1-3-7-11/h1-2,4-5,8-11H,3,6-7H2,(H2,17,19)(H,18,20). The molecular weight excluding hydrogens is 250 g/mol. The van der Waals surface area contributed by atoms with Gasteiger partial charge in [0.25, 0.3) is 5.91 Å². The largest absolute Gasteiger partial charge is 0.398 e. The molecular formula is C16H17N3O. The zero-order chi connectivity index (χ0) is 13.9. The molecule has 0 radical (unpaired) electrons. The molecule has 1 atom stereocenters. The van der Waals surface area contributed by atoms with Crippen LogP contribution >= 0.6 is 0 Å². The predicted molar refractivity (Wildman–Crippen MR) is 80.4 cm³/mol. The van der Waals surface area contributed by atoms with Gasteiger partial charge in [-0.3, -0.25) is 4.79 Å². The summed E-state index contributed by atoms with van der Waals surface area (Å²) >= 11 is 0. The molecule has 1 aromatic heterocycles. The van der Waals surface area contributed by atoms with E-state index in [9.17, 15) is 4.79 Å². The van der Waals surface area contributed by atoms with Crippen molar-refractivity contribution >= 4 is 22.5 Å². The van der Waals surface area contributed by atoms with Crippen LogP contribution in [0.25, 0.3) is 10.9 Å². The third-order valence-electron chi connectivity index (χ3n) is 3.59. The summed E-state index contributed by atoms with van der Waals surface area (Å²) in [5.74, 6) is -0.150. The van der Waals surface area contributed by atoms with Crippen LogP contribution in [-0.4, -0.2) is 16.9 Å². The third kappa shape index (κ3) is 2.50. The second-order valence-corrected chi connectivity index (χ2v) is 5.07. The van der Waals surface area contributed by atoms with Crippen LogP contribution in [0.4, 0.5) is 5.69 Å². The third-order valence-corrected chi connectivity index (χ3v) is 3.59. The molecule has 1 unspecified atom stereocenters. The number of allylic oxidation sites excluding steroid dienone is 1. The monoisotopic (exact) mass is 267 g/mol. The number of nitrogen functional groups attached to an aromatic ring is 1. The Hall–Kier alpha value is -2.36. The van der Waals surface area contributed by atoms with Crippen LogP contribution in [0.2, 0.25) is 0 Å². The van der Waals surface area contributed by atoms with E-state index >= 15 is 0 Å². The Bertz CT molecular complexity index is 678. The van der Waals surface area contributed by atoms with E-state index in [2.05, 4.69) is 22.5 Å². The normalized spacial score (nSPS) is 18.1. The maximum atomic E-state index is 12.3. The Balaban J connectivity index is 1.86. The lowest BCUT2D eigenvalue weighted by Crippen LogP contribution is -2.35. The van der Waals surface area contributed by atoms with Crippen molar-refractivity contribution in [2.75, 3.05) is 5.73 Å². The Kier molecular flexibility index (Phi) is 3.37. The number of nitrogens with zero attached hydrogens (tertiary/aromatic N) is 1. The molecule has 0 saturated heterocycles. The first-order valence-electron chi connectivity index (χ1n) is 6.85. The van der Waals surface area contributed by atoms with Crippen LogP contribution in [-0.2, 0) is 0 Å². The van der Waals surface area contributed by atoms with Crippen molar-refractivity contribution in [3.63, 3.8) is 0 Å². The summed E-state index contributed by atoms with van der Waals surface area (Å²) in [6, 6.07) is 9.42. The zero-order valence-corrected chi connectivity index (χ0v) is 11.2. The summed E-state index contributed by atoms with van der Waals surface area (Å²) in [7, 11) is 0. The first-order valence-corrected chi connectivity index (χ1v) is 6.85. The van der Waals surface area contributed by atoms with Gasteiger partial charge in [0, 0.05) is 17.1 Å². The smallest absolute Gasteiger partial charge is 0.270 e. The maximum absolute atomic E-state index is 12.3. The molecule has 1 aromatic carbocycles. The SMILES string of the molecule is Nc1cc(C(=O)NC2CC=CCC2)nc2ccccc12. The lowest BCUT2D eigenvalue weighted by Gasteiger charge is -2.19. The van der Waals surface area contributed by atoms with Gasteiger partial charge in [-0.25, -0.2) is 4.98 Å². The zero-order valence-electron chi connectivity index (χ0n) is 11.2. The van der Waals surface area contributed by atoms with Crippen molar-refractivity contribution in [3.8, 4) is 0 Å². The molecule has 1 aliphatic carbocycles. The molecule has 1 aliphatic rings. The van der Waals surface area contributed by atoms with E-state index in [1.165, 1.54) is 0 Å². The van der Waals surface area contributed by atoms with Crippen molar-refractivity contribution in [1.29, 1.82) is 0 Å². The Morgan fingerprint density at radius 1 is 1.30 bits per heavy atom. The fourth-order valence-electron chi connectivity index (χ4n) is 2.50. The molecule has 0 bridgehead atoms. The van der Waals surface area contributed by atoms with E-state index in [0.29, 0.717) is 11.4 Å². The van der Waals surface area contributed by atoms with Crippen LogP contribution in [0, 0.1) is 0 Å². The average molecular weight is 267 g/mol. The first kappa shape index (κ1) is 12.7. The van der Waals surface area contributed by atoms with Gasteiger partial charge in [-0.15, -0.1) is 0 Å². The van der Waals surface area contributed by atoms with Crippen molar-refractivity contribution in [2.45, 2.75) is 25.3 Å². The maximum Gasteiger partial charge on any atom is 0.270 e. The Labute approximate surface area is 117 Å². The number of pyridine rings is 1. The number of benzene rings is 1. The molecule has 3 rings (SSSR count). The summed E-state index contributed by atoms with van der Waals surface area (Å²) in [5, 5.41) is 3.90. The first-order chi connectivity index (χ1) is 9.74. The van der Waals surface area contributed by atoms with Gasteiger partial charge in [0.05, 0.1) is 5.52 Å². The molecule has 4 heteroatoms. The van der Waals surface area contributed by atoms with Crippen LogP contribution in [0.1, 0.15) is 29.8 Å². The highest BCUT2D eigenvalue weighted by Crippen LogP contribution is 2.20. The topological polar surface area (TPSA) is 68.0 Å². The number of anilines is 1. The molecule has 0 spiro atoms. The van der Waals surface area contributed by atoms with Crippen LogP contribution in [0.15, 0.2) is 42.5 Å². The number of fused-ring (bicyclic) bond motifs is 1. The van der Waals surface area contributed by atoms with E-state index in [0.717, 1.165) is 30.2 Å².